The van der Waals surface area contributed by atoms with Gasteiger partial charge in [-0.25, -0.2) is 4.68 Å². The lowest BCUT2D eigenvalue weighted by atomic mass is 10.1. The number of aromatic carboxylic acids is 1. The van der Waals surface area contributed by atoms with Crippen LogP contribution in [0.5, 0.6) is 0 Å². The number of carbonyl (C=O) groups excluding carboxylic acids is 2. The molecule has 0 saturated carbocycles. The molecule has 3 rings (SSSR count). The van der Waals surface area contributed by atoms with Crippen molar-refractivity contribution in [3.8, 4) is 0 Å². The number of carbonyl (C=O) groups is 2. The highest BCUT2D eigenvalue weighted by Crippen LogP contribution is 2.22. The van der Waals surface area contributed by atoms with Crippen molar-refractivity contribution in [1.82, 2.24) is 9.78 Å². The predicted octanol–water partition coefficient (Wildman–Crippen LogP) is 1.36. The molecular formula is C15H8ClN2O4S-. The van der Waals surface area contributed by atoms with E-state index in [0.717, 1.165) is 16.0 Å². The Labute approximate surface area is 138 Å². The van der Waals surface area contributed by atoms with Gasteiger partial charge >= 0.3 is 0 Å². The second-order valence-electron chi connectivity index (χ2n) is 4.67. The Hall–Kier alpha value is -2.51. The summed E-state index contributed by atoms with van der Waals surface area (Å²) in [6, 6.07) is 9.27. The summed E-state index contributed by atoms with van der Waals surface area (Å²) in [5, 5.41) is 15.4. The summed E-state index contributed by atoms with van der Waals surface area (Å²) in [5.74, 6) is -1.89. The molecule has 8 heteroatoms. The van der Waals surface area contributed by atoms with Crippen LogP contribution in [0, 0.1) is 0 Å². The number of nitrogens with zero attached hydrogens (tertiary/aromatic N) is 2. The van der Waals surface area contributed by atoms with Crippen LogP contribution < -0.4 is 10.7 Å². The lowest BCUT2D eigenvalue weighted by molar-refractivity contribution is -0.255. The molecule has 1 aromatic carbocycles. The Morgan fingerprint density at radius 3 is 2.48 bits per heavy atom. The van der Waals surface area contributed by atoms with E-state index in [4.69, 9.17) is 11.6 Å². The maximum Gasteiger partial charge on any atom is 0.275 e. The molecule has 116 valence electrons. The van der Waals surface area contributed by atoms with Gasteiger partial charge < -0.3 is 9.90 Å². The van der Waals surface area contributed by atoms with Gasteiger partial charge in [0.1, 0.15) is 12.2 Å². The molecule has 0 amide bonds. The summed E-state index contributed by atoms with van der Waals surface area (Å²) in [6.45, 7) is -0.374. The molecule has 0 saturated heterocycles. The van der Waals surface area contributed by atoms with Gasteiger partial charge in [-0.2, -0.15) is 5.10 Å². The second kappa shape index (κ2) is 5.94. The zero-order valence-electron chi connectivity index (χ0n) is 11.5. The highest BCUT2D eigenvalue weighted by atomic mass is 35.5. The van der Waals surface area contributed by atoms with Gasteiger partial charge in [-0.3, -0.25) is 9.59 Å². The molecule has 0 aliphatic rings. The van der Waals surface area contributed by atoms with Crippen LogP contribution >= 0.6 is 22.9 Å². The molecule has 6 nitrogen and oxygen atoms in total. The van der Waals surface area contributed by atoms with Crippen molar-refractivity contribution in [1.29, 1.82) is 0 Å². The molecule has 3 aromatic rings. The molecule has 23 heavy (non-hydrogen) atoms. The van der Waals surface area contributed by atoms with E-state index >= 15 is 0 Å². The first kappa shape index (κ1) is 15.4. The Morgan fingerprint density at radius 1 is 1.17 bits per heavy atom. The number of aromatic nitrogens is 2. The average Bonchev–Trinajstić information content (AvgIpc) is 2.96. The SMILES string of the molecule is O=C(Cn1nc(C(=O)[O-])c2ccccc2c1=O)c1ccc(Cl)s1. The minimum atomic E-state index is -1.51. The Kier molecular flexibility index (Phi) is 3.97. The average molecular weight is 348 g/mol. The smallest absolute Gasteiger partial charge is 0.275 e. The topological polar surface area (TPSA) is 92.1 Å². The van der Waals surface area contributed by atoms with Crippen LogP contribution in [0.2, 0.25) is 4.34 Å². The highest BCUT2D eigenvalue weighted by Gasteiger charge is 2.15. The molecule has 0 spiro atoms. The minimum Gasteiger partial charge on any atom is -0.543 e. The summed E-state index contributed by atoms with van der Waals surface area (Å²) in [4.78, 5) is 36.2. The van der Waals surface area contributed by atoms with Crippen LogP contribution in [-0.2, 0) is 6.54 Å². The van der Waals surface area contributed by atoms with E-state index in [2.05, 4.69) is 5.10 Å². The Balaban J connectivity index is 2.11. The number of fused-ring (bicyclic) bond motifs is 1. The van der Waals surface area contributed by atoms with Crippen molar-refractivity contribution in [2.24, 2.45) is 0 Å². The lowest BCUT2D eigenvalue weighted by Crippen LogP contribution is -2.32. The fraction of sp³-hybridized carbons (Fsp3) is 0.0667. The fourth-order valence-electron chi connectivity index (χ4n) is 2.17. The van der Waals surface area contributed by atoms with Crippen LogP contribution in [0.15, 0.2) is 41.2 Å². The van der Waals surface area contributed by atoms with Crippen LogP contribution in [0.1, 0.15) is 20.2 Å². The van der Waals surface area contributed by atoms with Gasteiger partial charge in [0.25, 0.3) is 5.56 Å². The number of hydrogen-bond acceptors (Lipinski definition) is 6. The van der Waals surface area contributed by atoms with Gasteiger partial charge in [-0.15, -0.1) is 11.3 Å². The summed E-state index contributed by atoms with van der Waals surface area (Å²) >= 11 is 6.86. The van der Waals surface area contributed by atoms with E-state index in [-0.39, 0.29) is 28.8 Å². The van der Waals surface area contributed by atoms with Crippen molar-refractivity contribution in [3.63, 3.8) is 0 Å². The van der Waals surface area contributed by atoms with Crippen molar-refractivity contribution >= 4 is 45.5 Å². The zero-order chi connectivity index (χ0) is 16.6. The first-order chi connectivity index (χ1) is 11.0. The number of halogens is 1. The summed E-state index contributed by atoms with van der Waals surface area (Å²) < 4.78 is 1.28. The van der Waals surface area contributed by atoms with Crippen LogP contribution in [0.4, 0.5) is 0 Å². The first-order valence-corrected chi connectivity index (χ1v) is 7.66. The van der Waals surface area contributed by atoms with Crippen molar-refractivity contribution in [3.05, 3.63) is 61.7 Å². The van der Waals surface area contributed by atoms with Crippen LogP contribution in [-0.4, -0.2) is 21.5 Å². The normalized spacial score (nSPS) is 10.8. The van der Waals surface area contributed by atoms with Crippen molar-refractivity contribution in [2.75, 3.05) is 0 Å². The van der Waals surface area contributed by atoms with Gasteiger partial charge in [0, 0.05) is 5.39 Å². The molecular weight excluding hydrogens is 340 g/mol. The Morgan fingerprint density at radius 2 is 1.87 bits per heavy atom. The number of Topliss-reactive ketones (excluding diaryl/α,β-unsaturated/α-hetero) is 1. The standard InChI is InChI=1S/C15H9ClN2O4S/c16-12-6-5-11(23-12)10(19)7-18-14(20)9-4-2-1-3-8(9)13(17-18)15(21)22/h1-6H,7H2,(H,21,22)/p-1. The fourth-order valence-corrected chi connectivity index (χ4v) is 3.14. The van der Waals surface area contributed by atoms with E-state index in [1.54, 1.807) is 24.3 Å². The molecule has 0 radical (unpaired) electrons. The predicted molar refractivity (Wildman–Crippen MR) is 84.0 cm³/mol. The van der Waals surface area contributed by atoms with Gasteiger partial charge in [-0.1, -0.05) is 29.8 Å². The van der Waals surface area contributed by atoms with Gasteiger partial charge in [-0.05, 0) is 18.2 Å². The van der Waals surface area contributed by atoms with Gasteiger partial charge in [0.2, 0.25) is 0 Å². The van der Waals surface area contributed by atoms with E-state index in [1.807, 2.05) is 0 Å². The number of ketones is 1. The van der Waals surface area contributed by atoms with Crippen LogP contribution in [0.3, 0.4) is 0 Å². The van der Waals surface area contributed by atoms with E-state index in [0.29, 0.717) is 9.21 Å². The van der Waals surface area contributed by atoms with Crippen LogP contribution in [0.25, 0.3) is 10.8 Å². The molecule has 0 atom stereocenters. The third-order valence-corrected chi connectivity index (χ3v) is 4.47. The number of hydrogen-bond donors (Lipinski definition) is 0. The number of benzene rings is 1. The number of thiophene rings is 1. The molecule has 0 unspecified atom stereocenters. The second-order valence-corrected chi connectivity index (χ2v) is 6.39. The largest absolute Gasteiger partial charge is 0.543 e. The molecule has 0 bridgehead atoms. The maximum atomic E-state index is 12.4. The molecule has 2 aromatic heterocycles. The third kappa shape index (κ3) is 2.88. The molecule has 0 N–H and O–H groups in total. The quantitative estimate of drug-likeness (QED) is 0.664. The maximum absolute atomic E-state index is 12.4. The van der Waals surface area contributed by atoms with Gasteiger partial charge in [0.15, 0.2) is 5.78 Å². The lowest BCUT2D eigenvalue weighted by Gasteiger charge is -2.10. The van der Waals surface area contributed by atoms with Crippen molar-refractivity contribution < 1.29 is 14.7 Å². The Bertz CT molecular complexity index is 993. The van der Waals surface area contributed by atoms with Gasteiger partial charge in [0.05, 0.1) is 20.6 Å². The van der Waals surface area contributed by atoms with Crippen molar-refractivity contribution in [2.45, 2.75) is 6.54 Å². The molecule has 0 fully saturated rings. The third-order valence-electron chi connectivity index (χ3n) is 3.20. The number of carboxylic acid groups (broad SMARTS) is 1. The summed E-state index contributed by atoms with van der Waals surface area (Å²) in [6.07, 6.45) is 0. The van der Waals surface area contributed by atoms with E-state index in [9.17, 15) is 19.5 Å². The number of carboxylic acids is 1. The first-order valence-electron chi connectivity index (χ1n) is 6.47. The molecule has 0 aliphatic carbocycles. The highest BCUT2D eigenvalue weighted by molar-refractivity contribution is 7.18. The molecule has 2 heterocycles. The van der Waals surface area contributed by atoms with E-state index < -0.39 is 11.5 Å². The number of rotatable bonds is 4. The van der Waals surface area contributed by atoms with E-state index in [1.165, 1.54) is 12.1 Å². The summed E-state index contributed by atoms with van der Waals surface area (Å²) in [5.41, 5.74) is -0.918. The molecule has 0 aliphatic heterocycles. The minimum absolute atomic E-state index is 0.165. The summed E-state index contributed by atoms with van der Waals surface area (Å²) in [7, 11) is 0. The zero-order valence-corrected chi connectivity index (χ0v) is 13.1. The monoisotopic (exact) mass is 347 g/mol.